The molecule has 0 fully saturated rings. The Balaban J connectivity index is 2.60. The van der Waals surface area contributed by atoms with Gasteiger partial charge in [0.05, 0.1) is 21.3 Å². The fraction of sp³-hybridized carbons (Fsp3) is 0.357. The van der Waals surface area contributed by atoms with Crippen LogP contribution in [0.3, 0.4) is 0 Å². The summed E-state index contributed by atoms with van der Waals surface area (Å²) in [6.45, 7) is 6.15. The molecule has 2 nitrogen and oxygen atoms in total. The van der Waals surface area contributed by atoms with Gasteiger partial charge in [-0.05, 0) is 45.2 Å². The van der Waals surface area contributed by atoms with E-state index in [0.29, 0.717) is 15.1 Å². The number of amidine groups is 1. The molecule has 0 atom stereocenters. The largest absolute Gasteiger partial charge is 0.291 e. The van der Waals surface area contributed by atoms with E-state index in [0.717, 1.165) is 16.6 Å². The number of thioether (sulfide) groups is 1. The van der Waals surface area contributed by atoms with Crippen molar-refractivity contribution < 1.29 is 0 Å². The van der Waals surface area contributed by atoms with Crippen molar-refractivity contribution in [1.29, 1.82) is 0 Å². The van der Waals surface area contributed by atoms with E-state index in [1.807, 2.05) is 18.1 Å². The summed E-state index contributed by atoms with van der Waals surface area (Å²) in [5.74, 6) is 0. The Bertz CT molecular complexity index is 585. The first-order valence-corrected chi connectivity index (χ1v) is 8.39. The predicted molar refractivity (Wildman–Crippen MR) is 92.7 cm³/mol. The third-order valence-corrected chi connectivity index (χ3v) is 4.31. The standard InChI is InChI=1S/C14H15Cl3N2S/c1-8-7-14(2,3)18-13(20-4)19(8)12-10(16)5-9(15)6-11(12)17/h5-7H,1-4H3. The van der Waals surface area contributed by atoms with Gasteiger partial charge in [0.15, 0.2) is 5.17 Å². The molecule has 0 radical (unpaired) electrons. The lowest BCUT2D eigenvalue weighted by Crippen LogP contribution is -2.35. The molecule has 2 rings (SSSR count). The van der Waals surface area contributed by atoms with Gasteiger partial charge >= 0.3 is 0 Å². The Morgan fingerprint density at radius 3 is 2.20 bits per heavy atom. The number of anilines is 1. The second kappa shape index (κ2) is 5.80. The Morgan fingerprint density at radius 2 is 1.70 bits per heavy atom. The summed E-state index contributed by atoms with van der Waals surface area (Å²) >= 11 is 20.2. The van der Waals surface area contributed by atoms with Crippen molar-refractivity contribution in [3.05, 3.63) is 39.0 Å². The van der Waals surface area contributed by atoms with Crippen molar-refractivity contribution in [3.63, 3.8) is 0 Å². The van der Waals surface area contributed by atoms with Crippen molar-refractivity contribution in [2.24, 2.45) is 4.99 Å². The molecule has 1 aromatic rings. The molecule has 1 aliphatic rings. The number of rotatable bonds is 1. The van der Waals surface area contributed by atoms with Gasteiger partial charge in [-0.3, -0.25) is 9.89 Å². The Labute approximate surface area is 138 Å². The van der Waals surface area contributed by atoms with Crippen LogP contribution in [0.1, 0.15) is 20.8 Å². The van der Waals surface area contributed by atoms with Gasteiger partial charge in [0, 0.05) is 10.7 Å². The van der Waals surface area contributed by atoms with Gasteiger partial charge in [0.1, 0.15) is 0 Å². The van der Waals surface area contributed by atoms with Crippen LogP contribution in [0.2, 0.25) is 15.1 Å². The maximum atomic E-state index is 6.32. The summed E-state index contributed by atoms with van der Waals surface area (Å²) in [6, 6.07) is 3.38. The lowest BCUT2D eigenvalue weighted by molar-refractivity contribution is 0.642. The highest BCUT2D eigenvalue weighted by Gasteiger charge is 2.29. The van der Waals surface area contributed by atoms with Crippen LogP contribution in [-0.4, -0.2) is 17.0 Å². The van der Waals surface area contributed by atoms with Gasteiger partial charge in [-0.15, -0.1) is 0 Å². The minimum Gasteiger partial charge on any atom is -0.291 e. The molecule has 108 valence electrons. The topological polar surface area (TPSA) is 15.6 Å². The number of aliphatic imine (C=N–C) groups is 1. The van der Waals surface area contributed by atoms with Crippen molar-refractivity contribution >= 4 is 57.4 Å². The molecule has 0 unspecified atom stereocenters. The smallest absolute Gasteiger partial charge is 0.168 e. The van der Waals surface area contributed by atoms with Crippen LogP contribution in [0.4, 0.5) is 5.69 Å². The van der Waals surface area contributed by atoms with Gasteiger partial charge in [0.25, 0.3) is 0 Å². The van der Waals surface area contributed by atoms with Crippen LogP contribution in [0.15, 0.2) is 28.9 Å². The molecule has 0 amide bonds. The van der Waals surface area contributed by atoms with Crippen LogP contribution >= 0.6 is 46.6 Å². The van der Waals surface area contributed by atoms with Crippen molar-refractivity contribution in [2.75, 3.05) is 11.2 Å². The monoisotopic (exact) mass is 348 g/mol. The van der Waals surface area contributed by atoms with E-state index in [1.54, 1.807) is 23.9 Å². The molecular weight excluding hydrogens is 335 g/mol. The number of nitrogens with zero attached hydrogens (tertiary/aromatic N) is 2. The molecule has 1 aliphatic heterocycles. The number of hydrogen-bond acceptors (Lipinski definition) is 3. The molecule has 0 aliphatic carbocycles. The quantitative estimate of drug-likeness (QED) is 0.630. The number of hydrogen-bond donors (Lipinski definition) is 0. The summed E-state index contributed by atoms with van der Waals surface area (Å²) in [5, 5.41) is 2.40. The molecule has 0 spiro atoms. The molecular formula is C14H15Cl3N2S. The lowest BCUT2D eigenvalue weighted by atomic mass is 10.0. The number of halogens is 3. The highest BCUT2D eigenvalue weighted by Crippen LogP contribution is 2.41. The van der Waals surface area contributed by atoms with E-state index in [-0.39, 0.29) is 5.54 Å². The molecule has 0 N–H and O–H groups in total. The molecule has 0 aromatic heterocycles. The first kappa shape index (κ1) is 16.0. The van der Waals surface area contributed by atoms with Crippen LogP contribution in [-0.2, 0) is 0 Å². The zero-order valence-corrected chi connectivity index (χ0v) is 14.8. The summed E-state index contributed by atoms with van der Waals surface area (Å²) in [6.07, 6.45) is 4.08. The third-order valence-electron chi connectivity index (χ3n) is 2.88. The zero-order valence-electron chi connectivity index (χ0n) is 11.7. The second-order valence-electron chi connectivity index (χ2n) is 5.09. The molecule has 0 saturated heterocycles. The van der Waals surface area contributed by atoms with Crippen LogP contribution in [0.5, 0.6) is 0 Å². The van der Waals surface area contributed by atoms with E-state index in [4.69, 9.17) is 39.8 Å². The van der Waals surface area contributed by atoms with E-state index < -0.39 is 0 Å². The summed E-state index contributed by atoms with van der Waals surface area (Å²) in [4.78, 5) is 6.69. The molecule has 0 bridgehead atoms. The van der Waals surface area contributed by atoms with Crippen molar-refractivity contribution in [1.82, 2.24) is 0 Å². The van der Waals surface area contributed by atoms with Crippen molar-refractivity contribution in [2.45, 2.75) is 26.3 Å². The molecule has 20 heavy (non-hydrogen) atoms. The minimum absolute atomic E-state index is 0.232. The Hall–Kier alpha value is -0.350. The van der Waals surface area contributed by atoms with E-state index >= 15 is 0 Å². The predicted octanol–water partition coefficient (Wildman–Crippen LogP) is 5.87. The molecule has 1 aromatic carbocycles. The maximum absolute atomic E-state index is 6.32. The van der Waals surface area contributed by atoms with Gasteiger partial charge in [-0.25, -0.2) is 0 Å². The van der Waals surface area contributed by atoms with Gasteiger partial charge in [0.2, 0.25) is 0 Å². The first-order valence-electron chi connectivity index (χ1n) is 6.03. The van der Waals surface area contributed by atoms with Gasteiger partial charge in [-0.2, -0.15) is 0 Å². The first-order chi connectivity index (χ1) is 9.25. The highest BCUT2D eigenvalue weighted by molar-refractivity contribution is 8.13. The summed E-state index contributed by atoms with van der Waals surface area (Å²) < 4.78 is 0. The van der Waals surface area contributed by atoms with Gasteiger partial charge in [-0.1, -0.05) is 46.6 Å². The second-order valence-corrected chi connectivity index (χ2v) is 7.12. The minimum atomic E-state index is -0.232. The lowest BCUT2D eigenvalue weighted by Gasteiger charge is -2.35. The third kappa shape index (κ3) is 3.11. The van der Waals surface area contributed by atoms with E-state index in [9.17, 15) is 0 Å². The number of allylic oxidation sites excluding steroid dienone is 1. The normalized spacial score (nSPS) is 17.9. The van der Waals surface area contributed by atoms with Crippen molar-refractivity contribution in [3.8, 4) is 0 Å². The summed E-state index contributed by atoms with van der Waals surface area (Å²) in [7, 11) is 0. The molecule has 1 heterocycles. The maximum Gasteiger partial charge on any atom is 0.168 e. The van der Waals surface area contributed by atoms with Gasteiger partial charge < -0.3 is 0 Å². The van der Waals surface area contributed by atoms with E-state index in [2.05, 4.69) is 19.9 Å². The Kier molecular flexibility index (Phi) is 4.65. The zero-order chi connectivity index (χ0) is 15.1. The summed E-state index contributed by atoms with van der Waals surface area (Å²) in [5.41, 5.74) is 1.53. The van der Waals surface area contributed by atoms with Crippen LogP contribution in [0.25, 0.3) is 0 Å². The fourth-order valence-corrected chi connectivity index (χ4v) is 3.94. The van der Waals surface area contributed by atoms with Crippen LogP contribution in [0, 0.1) is 0 Å². The highest BCUT2D eigenvalue weighted by atomic mass is 35.5. The average Bonchev–Trinajstić information content (AvgIpc) is 2.29. The SMILES string of the molecule is CSC1=NC(C)(C)C=C(C)N1c1c(Cl)cc(Cl)cc1Cl. The average molecular weight is 350 g/mol. The molecule has 6 heteroatoms. The van der Waals surface area contributed by atoms with Crippen LogP contribution < -0.4 is 4.90 Å². The fourth-order valence-electron chi connectivity index (χ4n) is 2.21. The number of benzene rings is 1. The molecule has 0 saturated carbocycles. The Morgan fingerprint density at radius 1 is 1.15 bits per heavy atom. The van der Waals surface area contributed by atoms with E-state index in [1.165, 1.54) is 0 Å².